The quantitative estimate of drug-likeness (QED) is 0.450. The molecule has 0 fully saturated rings. The van der Waals surface area contributed by atoms with Crippen molar-refractivity contribution in [2.45, 2.75) is 27.3 Å². The Labute approximate surface area is 194 Å². The molecule has 0 aliphatic rings. The molecule has 33 heavy (non-hydrogen) atoms. The molecule has 3 aromatic heterocycles. The number of thiazole rings is 1. The maximum atomic E-state index is 13.1. The average molecular weight is 465 g/mol. The van der Waals surface area contributed by atoms with Gasteiger partial charge < -0.3 is 14.6 Å². The van der Waals surface area contributed by atoms with Crippen molar-refractivity contribution in [3.8, 4) is 16.3 Å². The summed E-state index contributed by atoms with van der Waals surface area (Å²) in [5.41, 5.74) is 2.86. The summed E-state index contributed by atoms with van der Waals surface area (Å²) in [4.78, 5) is 34.8. The summed E-state index contributed by atoms with van der Waals surface area (Å²) in [6.07, 6.45) is 5.30. The number of nitrogens with one attached hydrogen (secondary N) is 1. The Morgan fingerprint density at radius 2 is 1.97 bits per heavy atom. The summed E-state index contributed by atoms with van der Waals surface area (Å²) in [5.74, 6) is 0.269. The molecule has 0 unspecified atom stereocenters. The van der Waals surface area contributed by atoms with Crippen LogP contribution in [0.2, 0.25) is 0 Å². The van der Waals surface area contributed by atoms with Gasteiger partial charge in [0.2, 0.25) is 0 Å². The van der Waals surface area contributed by atoms with Gasteiger partial charge in [0.25, 0.3) is 11.5 Å². The zero-order valence-electron chi connectivity index (χ0n) is 18.8. The first-order valence-electron chi connectivity index (χ1n) is 10.4. The van der Waals surface area contributed by atoms with Crippen molar-refractivity contribution in [3.63, 3.8) is 0 Å². The van der Waals surface area contributed by atoms with Crippen molar-refractivity contribution in [1.82, 2.24) is 24.3 Å². The summed E-state index contributed by atoms with van der Waals surface area (Å²) < 4.78 is 9.09. The highest BCUT2D eigenvalue weighted by Crippen LogP contribution is 2.30. The van der Waals surface area contributed by atoms with Crippen molar-refractivity contribution in [2.75, 3.05) is 11.9 Å². The fourth-order valence-corrected chi connectivity index (χ4v) is 4.42. The van der Waals surface area contributed by atoms with Gasteiger partial charge in [-0.25, -0.2) is 14.6 Å². The van der Waals surface area contributed by atoms with E-state index < -0.39 is 0 Å². The first kappa shape index (κ1) is 22.4. The zero-order valence-corrected chi connectivity index (χ0v) is 19.6. The second kappa shape index (κ2) is 9.37. The summed E-state index contributed by atoms with van der Waals surface area (Å²) in [6.45, 7) is 6.51. The Balaban J connectivity index is 1.55. The molecule has 170 valence electrons. The zero-order chi connectivity index (χ0) is 23.5. The molecule has 0 bridgehead atoms. The molecule has 1 amide bonds. The highest BCUT2D eigenvalue weighted by atomic mass is 32.1. The first-order valence-corrected chi connectivity index (χ1v) is 11.2. The van der Waals surface area contributed by atoms with Crippen LogP contribution in [0.1, 0.15) is 26.6 Å². The normalized spacial score (nSPS) is 10.9. The van der Waals surface area contributed by atoms with Gasteiger partial charge in [0.1, 0.15) is 22.2 Å². The minimum Gasteiger partial charge on any atom is -0.490 e. The summed E-state index contributed by atoms with van der Waals surface area (Å²) >= 11 is 1.19. The molecule has 0 saturated heterocycles. The van der Waals surface area contributed by atoms with Crippen molar-refractivity contribution >= 4 is 22.9 Å². The fraction of sp³-hybridized carbons (Fsp3) is 0.261. The van der Waals surface area contributed by atoms with Crippen molar-refractivity contribution < 1.29 is 9.53 Å². The average Bonchev–Trinajstić information content (AvgIpc) is 3.43. The molecule has 0 radical (unpaired) electrons. The lowest BCUT2D eigenvalue weighted by Crippen LogP contribution is -2.23. The molecule has 3 heterocycles. The summed E-state index contributed by atoms with van der Waals surface area (Å²) in [7, 11) is 1.61. The number of hydrogen-bond donors (Lipinski definition) is 1. The van der Waals surface area contributed by atoms with E-state index in [0.29, 0.717) is 45.7 Å². The first-order chi connectivity index (χ1) is 15.8. The van der Waals surface area contributed by atoms with Crippen LogP contribution >= 0.6 is 11.3 Å². The molecular formula is C23H24N6O3S. The number of carbonyl (C=O) groups is 1. The minimum atomic E-state index is -0.304. The molecule has 9 nitrogen and oxygen atoms in total. The lowest BCUT2D eigenvalue weighted by atomic mass is 10.1. The predicted octanol–water partition coefficient (Wildman–Crippen LogP) is 3.36. The second-order valence-corrected chi connectivity index (χ2v) is 8.55. The van der Waals surface area contributed by atoms with E-state index in [9.17, 15) is 9.59 Å². The topological polar surface area (TPSA) is 104 Å². The van der Waals surface area contributed by atoms with Crippen LogP contribution in [0.15, 0.2) is 47.8 Å². The summed E-state index contributed by atoms with van der Waals surface area (Å²) in [5, 5.41) is 7.64. The van der Waals surface area contributed by atoms with E-state index >= 15 is 0 Å². The van der Waals surface area contributed by atoms with Crippen LogP contribution in [0.5, 0.6) is 5.75 Å². The Bertz CT molecular complexity index is 1360. The Kier molecular flexibility index (Phi) is 6.36. The SMILES string of the molecule is Cc1nc(-c2c(C)c(C)nn(C)c2=O)sc1C(=O)Nc1ccccc1OCCn1ccnc1. The minimum absolute atomic E-state index is 0.240. The van der Waals surface area contributed by atoms with Gasteiger partial charge in [-0.15, -0.1) is 11.3 Å². The number of anilines is 1. The highest BCUT2D eigenvalue weighted by molar-refractivity contribution is 7.17. The van der Waals surface area contributed by atoms with Crippen LogP contribution in [0.4, 0.5) is 5.69 Å². The van der Waals surface area contributed by atoms with E-state index in [1.807, 2.05) is 36.7 Å². The lowest BCUT2D eigenvalue weighted by Gasteiger charge is -2.12. The molecule has 1 aromatic carbocycles. The van der Waals surface area contributed by atoms with Gasteiger partial charge in [0, 0.05) is 19.4 Å². The standard InChI is InChI=1S/C23H24N6O3S/c1-14-15(2)27-28(4)23(31)19(14)22-25-16(3)20(33-22)21(30)26-17-7-5-6-8-18(17)32-12-11-29-10-9-24-13-29/h5-10,13H,11-12H2,1-4H3,(H,26,30). The van der Waals surface area contributed by atoms with Crippen LogP contribution in [0, 0.1) is 20.8 Å². The van der Waals surface area contributed by atoms with Crippen molar-refractivity contribution in [2.24, 2.45) is 7.05 Å². The Hall–Kier alpha value is -3.79. The van der Waals surface area contributed by atoms with Gasteiger partial charge in [-0.05, 0) is 38.5 Å². The van der Waals surface area contributed by atoms with Crippen LogP contribution in [-0.4, -0.2) is 36.8 Å². The molecule has 0 spiro atoms. The number of rotatable bonds is 7. The van der Waals surface area contributed by atoms with Crippen LogP contribution in [0.3, 0.4) is 0 Å². The summed E-state index contributed by atoms with van der Waals surface area (Å²) in [6, 6.07) is 7.27. The van der Waals surface area contributed by atoms with Gasteiger partial charge in [-0.3, -0.25) is 9.59 Å². The molecule has 1 N–H and O–H groups in total. The van der Waals surface area contributed by atoms with Gasteiger partial charge in [-0.2, -0.15) is 5.10 Å². The number of hydrogen-bond acceptors (Lipinski definition) is 7. The number of benzene rings is 1. The van der Waals surface area contributed by atoms with E-state index in [4.69, 9.17) is 4.74 Å². The molecule has 4 rings (SSSR count). The number of carbonyl (C=O) groups excluding carboxylic acids is 1. The molecule has 0 atom stereocenters. The number of amides is 1. The molecule has 0 aliphatic heterocycles. The van der Waals surface area contributed by atoms with E-state index in [1.54, 1.807) is 38.6 Å². The molecular weight excluding hydrogens is 440 g/mol. The van der Waals surface area contributed by atoms with E-state index in [0.717, 1.165) is 11.3 Å². The van der Waals surface area contributed by atoms with Crippen LogP contribution in [0.25, 0.3) is 10.6 Å². The maximum absolute atomic E-state index is 13.1. The van der Waals surface area contributed by atoms with E-state index in [-0.39, 0.29) is 11.5 Å². The predicted molar refractivity (Wildman–Crippen MR) is 127 cm³/mol. The third-order valence-electron chi connectivity index (χ3n) is 5.24. The molecule has 0 saturated carbocycles. The maximum Gasteiger partial charge on any atom is 0.277 e. The van der Waals surface area contributed by atoms with Crippen molar-refractivity contribution in [3.05, 3.63) is 75.2 Å². The monoisotopic (exact) mass is 464 g/mol. The highest BCUT2D eigenvalue weighted by Gasteiger charge is 2.21. The molecule has 4 aromatic rings. The van der Waals surface area contributed by atoms with Crippen LogP contribution in [-0.2, 0) is 13.6 Å². The van der Waals surface area contributed by atoms with Gasteiger partial charge in [0.15, 0.2) is 0 Å². The van der Waals surface area contributed by atoms with E-state index in [1.165, 1.54) is 16.0 Å². The lowest BCUT2D eigenvalue weighted by molar-refractivity contribution is 0.102. The number of aryl methyl sites for hydroxylation is 3. The third kappa shape index (κ3) is 4.70. The number of imidazole rings is 1. The second-order valence-electron chi connectivity index (χ2n) is 7.55. The Morgan fingerprint density at radius 1 is 1.18 bits per heavy atom. The van der Waals surface area contributed by atoms with E-state index in [2.05, 4.69) is 20.4 Å². The van der Waals surface area contributed by atoms with Gasteiger partial charge >= 0.3 is 0 Å². The number of para-hydroxylation sites is 2. The number of nitrogens with zero attached hydrogens (tertiary/aromatic N) is 5. The Morgan fingerprint density at radius 3 is 2.73 bits per heavy atom. The van der Waals surface area contributed by atoms with Gasteiger partial charge in [-0.1, -0.05) is 12.1 Å². The number of aromatic nitrogens is 5. The van der Waals surface area contributed by atoms with Crippen LogP contribution < -0.4 is 15.6 Å². The number of ether oxygens (including phenoxy) is 1. The molecule has 10 heteroatoms. The van der Waals surface area contributed by atoms with Gasteiger partial charge in [0.05, 0.1) is 35.5 Å². The largest absolute Gasteiger partial charge is 0.490 e. The van der Waals surface area contributed by atoms with Crippen molar-refractivity contribution in [1.29, 1.82) is 0 Å². The third-order valence-corrected chi connectivity index (χ3v) is 6.42. The smallest absolute Gasteiger partial charge is 0.277 e. The fourth-order valence-electron chi connectivity index (χ4n) is 3.37. The molecule has 0 aliphatic carbocycles.